The molecule has 0 unspecified atom stereocenters. The van der Waals surface area contributed by atoms with E-state index in [2.05, 4.69) is 24.5 Å². The second-order valence-electron chi connectivity index (χ2n) is 7.70. The number of hydrogen-bond donors (Lipinski definition) is 2. The van der Waals surface area contributed by atoms with Crippen LogP contribution >= 0.6 is 0 Å². The highest BCUT2D eigenvalue weighted by Crippen LogP contribution is 2.32. The number of nitrogens with one attached hydrogen (secondary N) is 2. The van der Waals surface area contributed by atoms with Crippen LogP contribution in [-0.4, -0.2) is 18.5 Å². The van der Waals surface area contributed by atoms with Crippen LogP contribution in [-0.2, 0) is 6.54 Å². The average Bonchev–Trinajstić information content (AvgIpc) is 2.78. The first-order chi connectivity index (χ1) is 15.0. The molecule has 31 heavy (non-hydrogen) atoms. The van der Waals surface area contributed by atoms with Crippen molar-refractivity contribution in [3.8, 4) is 16.9 Å². The van der Waals surface area contributed by atoms with Crippen LogP contribution in [0.25, 0.3) is 11.1 Å². The molecule has 2 N–H and O–H groups in total. The van der Waals surface area contributed by atoms with Crippen LogP contribution in [0.3, 0.4) is 0 Å². The number of carbonyl (C=O) groups is 2. The number of amides is 2. The van der Waals surface area contributed by atoms with Crippen LogP contribution in [0, 0.1) is 5.92 Å². The van der Waals surface area contributed by atoms with E-state index >= 15 is 0 Å². The number of para-hydroxylation sites is 1. The standard InChI is InChI=1S/C26H28N2O3/c1-19(2)16-17-27-26(30)31-24-15-9-8-14-23(24)22-13-7-6-12-21(22)18-28-25(29)20-10-4-3-5-11-20/h3-15,19H,16-18H2,1-2H3,(H,27,30)(H,28,29). The molecule has 0 heterocycles. The van der Waals surface area contributed by atoms with Gasteiger partial charge in [-0.1, -0.05) is 74.5 Å². The molecule has 160 valence electrons. The van der Waals surface area contributed by atoms with Gasteiger partial charge in [0.15, 0.2) is 0 Å². The predicted molar refractivity (Wildman–Crippen MR) is 123 cm³/mol. The molecule has 0 aliphatic carbocycles. The van der Waals surface area contributed by atoms with E-state index in [1.165, 1.54) is 0 Å². The molecule has 5 heteroatoms. The first-order valence-corrected chi connectivity index (χ1v) is 10.5. The second-order valence-corrected chi connectivity index (χ2v) is 7.70. The van der Waals surface area contributed by atoms with Gasteiger partial charge < -0.3 is 15.4 Å². The highest BCUT2D eigenvalue weighted by atomic mass is 16.6. The Morgan fingerprint density at radius 1 is 0.806 bits per heavy atom. The largest absolute Gasteiger partial charge is 0.412 e. The topological polar surface area (TPSA) is 67.4 Å². The first kappa shape index (κ1) is 22.1. The van der Waals surface area contributed by atoms with Gasteiger partial charge in [0, 0.05) is 24.2 Å². The molecule has 0 saturated carbocycles. The average molecular weight is 417 g/mol. The second kappa shape index (κ2) is 11.0. The van der Waals surface area contributed by atoms with Crippen LogP contribution in [0.4, 0.5) is 4.79 Å². The van der Waals surface area contributed by atoms with Crippen LogP contribution < -0.4 is 15.4 Å². The van der Waals surface area contributed by atoms with Gasteiger partial charge in [-0.2, -0.15) is 0 Å². The van der Waals surface area contributed by atoms with Gasteiger partial charge in [-0.05, 0) is 41.7 Å². The van der Waals surface area contributed by atoms with E-state index in [0.717, 1.165) is 23.1 Å². The van der Waals surface area contributed by atoms with Crippen molar-refractivity contribution in [1.29, 1.82) is 0 Å². The van der Waals surface area contributed by atoms with Crippen molar-refractivity contribution in [1.82, 2.24) is 10.6 Å². The van der Waals surface area contributed by atoms with Gasteiger partial charge in [-0.15, -0.1) is 0 Å². The molecule has 0 aliphatic heterocycles. The van der Waals surface area contributed by atoms with Crippen LogP contribution in [0.5, 0.6) is 5.75 Å². The molecule has 3 aromatic carbocycles. The molecular formula is C26H28N2O3. The van der Waals surface area contributed by atoms with E-state index in [-0.39, 0.29) is 5.91 Å². The minimum absolute atomic E-state index is 0.135. The zero-order valence-corrected chi connectivity index (χ0v) is 17.9. The zero-order valence-electron chi connectivity index (χ0n) is 17.9. The van der Waals surface area contributed by atoms with Crippen molar-refractivity contribution in [2.45, 2.75) is 26.8 Å². The normalized spacial score (nSPS) is 10.5. The summed E-state index contributed by atoms with van der Waals surface area (Å²) in [6, 6.07) is 24.3. The Morgan fingerprint density at radius 2 is 1.45 bits per heavy atom. The fourth-order valence-corrected chi connectivity index (χ4v) is 3.18. The fourth-order valence-electron chi connectivity index (χ4n) is 3.18. The lowest BCUT2D eigenvalue weighted by molar-refractivity contribution is 0.0951. The summed E-state index contributed by atoms with van der Waals surface area (Å²) in [5.41, 5.74) is 3.25. The van der Waals surface area contributed by atoms with Crippen molar-refractivity contribution < 1.29 is 14.3 Å². The van der Waals surface area contributed by atoms with E-state index in [1.54, 1.807) is 18.2 Å². The molecule has 0 spiro atoms. The molecule has 0 saturated heterocycles. The van der Waals surface area contributed by atoms with Crippen molar-refractivity contribution in [2.75, 3.05) is 6.54 Å². The summed E-state index contributed by atoms with van der Waals surface area (Å²) in [5.74, 6) is 0.849. The van der Waals surface area contributed by atoms with Gasteiger partial charge in [0.1, 0.15) is 5.75 Å². The van der Waals surface area contributed by atoms with Crippen molar-refractivity contribution in [3.63, 3.8) is 0 Å². The Labute approximate surface area is 183 Å². The maximum Gasteiger partial charge on any atom is 0.412 e. The van der Waals surface area contributed by atoms with Crippen LogP contribution in [0.1, 0.15) is 36.2 Å². The molecule has 0 atom stereocenters. The van der Waals surface area contributed by atoms with Crippen molar-refractivity contribution >= 4 is 12.0 Å². The molecular weight excluding hydrogens is 388 g/mol. The summed E-state index contributed by atoms with van der Waals surface area (Å²) in [7, 11) is 0. The van der Waals surface area contributed by atoms with Gasteiger partial charge in [0.25, 0.3) is 5.91 Å². The smallest absolute Gasteiger partial charge is 0.410 e. The highest BCUT2D eigenvalue weighted by molar-refractivity contribution is 5.94. The Kier molecular flexibility index (Phi) is 7.82. The Bertz CT molecular complexity index is 1020. The SMILES string of the molecule is CC(C)CCNC(=O)Oc1ccccc1-c1ccccc1CNC(=O)c1ccccc1. The zero-order chi connectivity index (χ0) is 22.1. The number of rotatable bonds is 8. The van der Waals surface area contributed by atoms with Gasteiger partial charge in [0.05, 0.1) is 0 Å². The first-order valence-electron chi connectivity index (χ1n) is 10.5. The predicted octanol–water partition coefficient (Wildman–Crippen LogP) is 5.42. The maximum atomic E-state index is 12.4. The molecule has 5 nitrogen and oxygen atoms in total. The monoisotopic (exact) mass is 416 g/mol. The number of hydrogen-bond acceptors (Lipinski definition) is 3. The third-order valence-corrected chi connectivity index (χ3v) is 4.86. The molecule has 0 bridgehead atoms. The lowest BCUT2D eigenvalue weighted by Crippen LogP contribution is -2.28. The maximum absolute atomic E-state index is 12.4. The molecule has 0 fully saturated rings. The van der Waals surface area contributed by atoms with E-state index in [4.69, 9.17) is 4.74 Å². The summed E-state index contributed by atoms with van der Waals surface area (Å²) < 4.78 is 5.59. The van der Waals surface area contributed by atoms with Gasteiger partial charge in [-0.3, -0.25) is 4.79 Å². The lowest BCUT2D eigenvalue weighted by atomic mass is 9.98. The quantitative estimate of drug-likeness (QED) is 0.515. The Balaban J connectivity index is 1.75. The third kappa shape index (κ3) is 6.44. The van der Waals surface area contributed by atoms with Gasteiger partial charge in [0.2, 0.25) is 0 Å². The number of benzene rings is 3. The molecule has 2 amide bonds. The summed E-state index contributed by atoms with van der Waals surface area (Å²) in [6.07, 6.45) is 0.420. The Morgan fingerprint density at radius 3 is 2.19 bits per heavy atom. The lowest BCUT2D eigenvalue weighted by Gasteiger charge is -2.15. The highest BCUT2D eigenvalue weighted by Gasteiger charge is 2.14. The Hall–Kier alpha value is -3.60. The molecule has 0 aromatic heterocycles. The third-order valence-electron chi connectivity index (χ3n) is 4.86. The van der Waals surface area contributed by atoms with Gasteiger partial charge >= 0.3 is 6.09 Å². The molecule has 3 aromatic rings. The van der Waals surface area contributed by atoms with Crippen LogP contribution in [0.2, 0.25) is 0 Å². The number of ether oxygens (including phenoxy) is 1. The fraction of sp³-hybridized carbons (Fsp3) is 0.231. The summed E-state index contributed by atoms with van der Waals surface area (Å²) in [4.78, 5) is 24.7. The van der Waals surface area contributed by atoms with Crippen LogP contribution in [0.15, 0.2) is 78.9 Å². The summed E-state index contributed by atoms with van der Waals surface area (Å²) >= 11 is 0. The van der Waals surface area contributed by atoms with Crippen molar-refractivity contribution in [3.05, 3.63) is 90.0 Å². The van der Waals surface area contributed by atoms with E-state index in [1.807, 2.05) is 60.7 Å². The molecule has 0 radical (unpaired) electrons. The van der Waals surface area contributed by atoms with E-state index < -0.39 is 6.09 Å². The summed E-state index contributed by atoms with van der Waals surface area (Å²) in [5, 5.41) is 5.76. The summed E-state index contributed by atoms with van der Waals surface area (Å²) in [6.45, 7) is 5.14. The van der Waals surface area contributed by atoms with E-state index in [0.29, 0.717) is 30.3 Å². The minimum atomic E-state index is -0.469. The van der Waals surface area contributed by atoms with Gasteiger partial charge in [-0.25, -0.2) is 4.79 Å². The van der Waals surface area contributed by atoms with Crippen molar-refractivity contribution in [2.24, 2.45) is 5.92 Å². The number of carbonyl (C=O) groups excluding carboxylic acids is 2. The molecule has 3 rings (SSSR count). The van der Waals surface area contributed by atoms with E-state index in [9.17, 15) is 9.59 Å². The minimum Gasteiger partial charge on any atom is -0.410 e. The molecule has 0 aliphatic rings.